The molecule has 4 heteroatoms. The topological polar surface area (TPSA) is 57.2 Å². The summed E-state index contributed by atoms with van der Waals surface area (Å²) >= 11 is 0. The van der Waals surface area contributed by atoms with E-state index in [1.165, 1.54) is 0 Å². The molecule has 0 aliphatic heterocycles. The second-order valence-electron chi connectivity index (χ2n) is 4.30. The van der Waals surface area contributed by atoms with Crippen molar-refractivity contribution in [3.05, 3.63) is 59.5 Å². The first-order chi connectivity index (χ1) is 9.13. The Labute approximate surface area is 111 Å². The minimum Gasteiger partial charge on any atom is -0.467 e. The van der Waals surface area contributed by atoms with Crippen LogP contribution in [-0.4, -0.2) is 17.9 Å². The molecular weight excluding hydrogens is 240 g/mol. The molecule has 19 heavy (non-hydrogen) atoms. The van der Waals surface area contributed by atoms with E-state index in [1.807, 2.05) is 19.1 Å². The maximum absolute atomic E-state index is 12.3. The van der Waals surface area contributed by atoms with Crippen molar-refractivity contribution in [2.75, 3.05) is 7.05 Å². The Morgan fingerprint density at radius 1 is 1.37 bits per heavy atom. The van der Waals surface area contributed by atoms with Gasteiger partial charge >= 0.3 is 0 Å². The number of furan rings is 1. The second kappa shape index (κ2) is 5.40. The van der Waals surface area contributed by atoms with Crippen molar-refractivity contribution in [3.63, 3.8) is 0 Å². The van der Waals surface area contributed by atoms with E-state index < -0.39 is 0 Å². The van der Waals surface area contributed by atoms with Gasteiger partial charge in [-0.1, -0.05) is 6.07 Å². The Morgan fingerprint density at radius 2 is 2.16 bits per heavy atom. The summed E-state index contributed by atoms with van der Waals surface area (Å²) in [7, 11) is 1.72. The standard InChI is InChI=1S/C15H14N2O2/c1-11(14-7-4-8-19-14)17(2)15(18)13-6-3-5-12(9-13)10-16/h3-9,11H,1-2H3. The Balaban J connectivity index is 2.21. The van der Waals surface area contributed by atoms with E-state index in [0.29, 0.717) is 11.1 Å². The van der Waals surface area contributed by atoms with Crippen LogP contribution < -0.4 is 0 Å². The highest BCUT2D eigenvalue weighted by Gasteiger charge is 2.20. The summed E-state index contributed by atoms with van der Waals surface area (Å²) in [5.41, 5.74) is 0.977. The molecule has 0 saturated carbocycles. The van der Waals surface area contributed by atoms with E-state index in [4.69, 9.17) is 9.68 Å². The van der Waals surface area contributed by atoms with E-state index >= 15 is 0 Å². The van der Waals surface area contributed by atoms with Gasteiger partial charge in [0.25, 0.3) is 5.91 Å². The summed E-state index contributed by atoms with van der Waals surface area (Å²) in [6.45, 7) is 1.89. The zero-order chi connectivity index (χ0) is 13.8. The van der Waals surface area contributed by atoms with E-state index in [-0.39, 0.29) is 11.9 Å². The van der Waals surface area contributed by atoms with Crippen molar-refractivity contribution in [2.45, 2.75) is 13.0 Å². The van der Waals surface area contributed by atoms with Crippen LogP contribution in [0.4, 0.5) is 0 Å². The summed E-state index contributed by atoms with van der Waals surface area (Å²) in [6.07, 6.45) is 1.58. The van der Waals surface area contributed by atoms with E-state index in [2.05, 4.69) is 0 Å². The molecule has 0 aliphatic carbocycles. The van der Waals surface area contributed by atoms with Gasteiger partial charge in [-0.05, 0) is 37.3 Å². The second-order valence-corrected chi connectivity index (χ2v) is 4.30. The van der Waals surface area contributed by atoms with Crippen molar-refractivity contribution >= 4 is 5.91 Å². The molecule has 1 atom stereocenters. The van der Waals surface area contributed by atoms with E-state index in [1.54, 1.807) is 48.5 Å². The fraction of sp³-hybridized carbons (Fsp3) is 0.200. The number of nitriles is 1. The average molecular weight is 254 g/mol. The zero-order valence-electron chi connectivity index (χ0n) is 10.8. The minimum absolute atomic E-state index is 0.138. The molecule has 0 spiro atoms. The van der Waals surface area contributed by atoms with Crippen molar-refractivity contribution < 1.29 is 9.21 Å². The largest absolute Gasteiger partial charge is 0.467 e. The first kappa shape index (κ1) is 12.9. The van der Waals surface area contributed by atoms with Crippen LogP contribution in [0.15, 0.2) is 47.1 Å². The summed E-state index contributed by atoms with van der Waals surface area (Å²) < 4.78 is 5.30. The Hall–Kier alpha value is -2.54. The van der Waals surface area contributed by atoms with Gasteiger partial charge in [0.2, 0.25) is 0 Å². The van der Waals surface area contributed by atoms with Gasteiger partial charge in [-0.2, -0.15) is 5.26 Å². The number of rotatable bonds is 3. The third-order valence-electron chi connectivity index (χ3n) is 3.09. The summed E-state index contributed by atoms with van der Waals surface area (Å²) in [6, 6.07) is 12.2. The minimum atomic E-state index is -0.159. The number of hydrogen-bond acceptors (Lipinski definition) is 3. The highest BCUT2D eigenvalue weighted by atomic mass is 16.3. The molecule has 96 valence electrons. The lowest BCUT2D eigenvalue weighted by molar-refractivity contribution is 0.0726. The van der Waals surface area contributed by atoms with E-state index in [0.717, 1.165) is 5.76 Å². The van der Waals surface area contributed by atoms with Crippen molar-refractivity contribution in [1.29, 1.82) is 5.26 Å². The monoisotopic (exact) mass is 254 g/mol. The van der Waals surface area contributed by atoms with Gasteiger partial charge in [0.05, 0.1) is 23.9 Å². The first-order valence-corrected chi connectivity index (χ1v) is 5.94. The summed E-state index contributed by atoms with van der Waals surface area (Å²) in [5, 5.41) is 8.85. The molecule has 0 saturated heterocycles. The quantitative estimate of drug-likeness (QED) is 0.846. The highest BCUT2D eigenvalue weighted by molar-refractivity contribution is 5.94. The Kier molecular flexibility index (Phi) is 3.67. The molecule has 0 radical (unpaired) electrons. The van der Waals surface area contributed by atoms with Crippen LogP contribution in [0, 0.1) is 11.3 Å². The first-order valence-electron chi connectivity index (χ1n) is 5.94. The molecular formula is C15H14N2O2. The van der Waals surface area contributed by atoms with Gasteiger partial charge in [-0.3, -0.25) is 4.79 Å². The summed E-state index contributed by atoms with van der Waals surface area (Å²) in [4.78, 5) is 13.9. The predicted octanol–water partition coefficient (Wildman–Crippen LogP) is 2.98. The molecule has 0 fully saturated rings. The maximum atomic E-state index is 12.3. The van der Waals surface area contributed by atoms with Crippen LogP contribution in [0.25, 0.3) is 0 Å². The molecule has 1 amide bonds. The summed E-state index contributed by atoms with van der Waals surface area (Å²) in [5.74, 6) is 0.591. The average Bonchev–Trinajstić information content (AvgIpc) is 2.99. The number of amides is 1. The van der Waals surface area contributed by atoms with Crippen molar-refractivity contribution in [3.8, 4) is 6.07 Å². The third-order valence-corrected chi connectivity index (χ3v) is 3.09. The van der Waals surface area contributed by atoms with Crippen LogP contribution in [0.2, 0.25) is 0 Å². The van der Waals surface area contributed by atoms with Gasteiger partial charge in [0.15, 0.2) is 0 Å². The third kappa shape index (κ3) is 2.66. The molecule has 1 unspecified atom stereocenters. The lowest BCUT2D eigenvalue weighted by atomic mass is 10.1. The van der Waals surface area contributed by atoms with Crippen LogP contribution in [0.5, 0.6) is 0 Å². The number of carbonyl (C=O) groups excluding carboxylic acids is 1. The zero-order valence-corrected chi connectivity index (χ0v) is 10.8. The van der Waals surface area contributed by atoms with Gasteiger partial charge in [0, 0.05) is 12.6 Å². The fourth-order valence-corrected chi connectivity index (χ4v) is 1.82. The predicted molar refractivity (Wildman–Crippen MR) is 70.4 cm³/mol. The Morgan fingerprint density at radius 3 is 2.79 bits per heavy atom. The molecule has 4 nitrogen and oxygen atoms in total. The normalized spacial score (nSPS) is 11.6. The van der Waals surface area contributed by atoms with Gasteiger partial charge in [0.1, 0.15) is 5.76 Å². The van der Waals surface area contributed by atoms with Crippen LogP contribution in [0.1, 0.15) is 34.6 Å². The van der Waals surface area contributed by atoms with Crippen LogP contribution >= 0.6 is 0 Å². The SMILES string of the molecule is CC(c1ccco1)N(C)C(=O)c1cccc(C#N)c1. The highest BCUT2D eigenvalue weighted by Crippen LogP contribution is 2.21. The number of benzene rings is 1. The maximum Gasteiger partial charge on any atom is 0.254 e. The number of carbonyl (C=O) groups is 1. The van der Waals surface area contributed by atoms with Crippen molar-refractivity contribution in [1.82, 2.24) is 4.90 Å². The molecule has 1 aromatic heterocycles. The lowest BCUT2D eigenvalue weighted by Crippen LogP contribution is -2.29. The number of hydrogen-bond donors (Lipinski definition) is 0. The molecule has 1 heterocycles. The van der Waals surface area contributed by atoms with Crippen LogP contribution in [-0.2, 0) is 0 Å². The molecule has 2 aromatic rings. The molecule has 1 aromatic carbocycles. The molecule has 0 bridgehead atoms. The van der Waals surface area contributed by atoms with Gasteiger partial charge < -0.3 is 9.32 Å². The number of nitrogens with zero attached hydrogens (tertiary/aromatic N) is 2. The smallest absolute Gasteiger partial charge is 0.254 e. The van der Waals surface area contributed by atoms with Gasteiger partial charge in [-0.15, -0.1) is 0 Å². The van der Waals surface area contributed by atoms with E-state index in [9.17, 15) is 4.79 Å². The molecule has 0 N–H and O–H groups in total. The lowest BCUT2D eigenvalue weighted by Gasteiger charge is -2.23. The molecule has 0 aliphatic rings. The van der Waals surface area contributed by atoms with Crippen LogP contribution in [0.3, 0.4) is 0 Å². The van der Waals surface area contributed by atoms with Gasteiger partial charge in [-0.25, -0.2) is 0 Å². The molecule has 2 rings (SSSR count). The Bertz CT molecular complexity index is 611. The van der Waals surface area contributed by atoms with Crippen molar-refractivity contribution in [2.24, 2.45) is 0 Å². The fourth-order valence-electron chi connectivity index (χ4n) is 1.82.